The van der Waals surface area contributed by atoms with E-state index in [4.69, 9.17) is 28.0 Å². The van der Waals surface area contributed by atoms with Crippen molar-refractivity contribution in [2.24, 2.45) is 0 Å². The Bertz CT molecular complexity index is 298. The van der Waals surface area contributed by atoms with Gasteiger partial charge in [0, 0.05) is 30.4 Å². The Hall–Kier alpha value is -0.548. The second-order valence-electron chi connectivity index (χ2n) is 3.04. The SMILES string of the molecule is COC/C=C/[C]1[CH][CH][CH][CH]1.[C-]#[O+].[C-]#[O+].[C-]#[O+].[C-]#[O+].[C-]#[O+].[CH]1[CH][CH][CH][CH]1.[Cr].[Fe+2]. The molecule has 140 valence electrons. The second kappa shape index (κ2) is 63.7. The summed E-state index contributed by atoms with van der Waals surface area (Å²) < 4.78 is 42.4. The molecule has 2 aliphatic rings. The van der Waals surface area contributed by atoms with Crippen LogP contribution in [0.1, 0.15) is 0 Å². The first-order valence-corrected chi connectivity index (χ1v) is 5.99. The Morgan fingerprint density at radius 2 is 1.00 bits per heavy atom. The van der Waals surface area contributed by atoms with E-state index in [1.807, 2.05) is 57.1 Å². The van der Waals surface area contributed by atoms with E-state index >= 15 is 0 Å². The van der Waals surface area contributed by atoms with Crippen LogP contribution in [-0.2, 0) is 62.4 Å². The van der Waals surface area contributed by atoms with E-state index in [9.17, 15) is 0 Å². The number of allylic oxidation sites excluding steroid dienone is 1. The van der Waals surface area contributed by atoms with Gasteiger partial charge in [0.25, 0.3) is 0 Å². The summed E-state index contributed by atoms with van der Waals surface area (Å²) in [5.74, 6) is 1.23. The molecule has 0 N–H and O–H groups in total. The van der Waals surface area contributed by atoms with Crippen LogP contribution in [0.2, 0.25) is 0 Å². The molecule has 10 radical (unpaired) electrons. The van der Waals surface area contributed by atoms with Gasteiger partial charge in [-0.05, 0) is 57.8 Å². The Balaban J connectivity index is -0.0000000406. The molecule has 2 saturated carbocycles. The molecular formula is C19H16CrFeO6+2. The van der Waals surface area contributed by atoms with E-state index in [0.29, 0.717) is 6.61 Å². The molecule has 2 fully saturated rings. The molecule has 0 heterocycles. The molecule has 0 aromatic rings. The minimum absolute atomic E-state index is 0. The molecule has 0 bridgehead atoms. The fraction of sp³-hybridized carbons (Fsp3) is 0.105. The van der Waals surface area contributed by atoms with Gasteiger partial charge in [-0.25, -0.2) is 0 Å². The first kappa shape index (κ1) is 45.3. The fourth-order valence-corrected chi connectivity index (χ4v) is 1.10. The average molecular weight is 448 g/mol. The van der Waals surface area contributed by atoms with Gasteiger partial charge in [-0.2, -0.15) is 0 Å². The van der Waals surface area contributed by atoms with Crippen molar-refractivity contribution in [2.75, 3.05) is 13.7 Å². The zero-order valence-electron chi connectivity index (χ0n) is 14.3. The minimum atomic E-state index is 0. The van der Waals surface area contributed by atoms with E-state index in [2.05, 4.69) is 46.1 Å². The van der Waals surface area contributed by atoms with Crippen molar-refractivity contribution in [3.63, 3.8) is 0 Å². The molecule has 0 atom stereocenters. The number of hydrogen-bond donors (Lipinski definition) is 0. The Labute approximate surface area is 185 Å². The summed E-state index contributed by atoms with van der Waals surface area (Å²) in [6.07, 6.45) is 22.2. The normalized spacial score (nSPS) is 12.6. The van der Waals surface area contributed by atoms with Gasteiger partial charge in [0.2, 0.25) is 0 Å². The van der Waals surface area contributed by atoms with E-state index in [1.165, 1.54) is 5.92 Å². The monoisotopic (exact) mass is 448 g/mol. The van der Waals surface area contributed by atoms with Gasteiger partial charge in [-0.15, -0.1) is 0 Å². The van der Waals surface area contributed by atoms with Crippen molar-refractivity contribution in [3.05, 3.63) is 109 Å². The topological polar surface area (TPSA) is 109 Å². The molecule has 0 aromatic carbocycles. The third-order valence-corrected chi connectivity index (χ3v) is 1.82. The number of ether oxygens (including phenoxy) is 1. The fourth-order valence-electron chi connectivity index (χ4n) is 1.10. The van der Waals surface area contributed by atoms with Gasteiger partial charge in [0.1, 0.15) is 0 Å². The molecule has 0 saturated heterocycles. The van der Waals surface area contributed by atoms with Crippen molar-refractivity contribution in [1.29, 1.82) is 0 Å². The molecular weight excluding hydrogens is 432 g/mol. The predicted octanol–water partition coefficient (Wildman–Crippen LogP) is 2.42. The zero-order valence-corrected chi connectivity index (χ0v) is 16.6. The molecule has 0 amide bonds. The van der Waals surface area contributed by atoms with E-state index < -0.39 is 0 Å². The average Bonchev–Trinajstić information content (AvgIpc) is 3.47. The first-order valence-electron chi connectivity index (χ1n) is 5.99. The molecule has 27 heavy (non-hydrogen) atoms. The Kier molecular flexibility index (Phi) is 107. The maximum absolute atomic E-state index is 7.50. The van der Waals surface area contributed by atoms with Crippen LogP contribution in [0.5, 0.6) is 0 Å². The van der Waals surface area contributed by atoms with Gasteiger partial charge >= 0.3 is 73.6 Å². The molecule has 0 aliphatic heterocycles. The smallest absolute Gasteiger partial charge is 0.0312 e. The third kappa shape index (κ3) is 51.7. The number of rotatable bonds is 3. The van der Waals surface area contributed by atoms with Crippen LogP contribution >= 0.6 is 0 Å². The summed E-state index contributed by atoms with van der Waals surface area (Å²) in [6.45, 7) is 23.2. The van der Waals surface area contributed by atoms with E-state index in [0.717, 1.165) is 0 Å². The zero-order chi connectivity index (χ0) is 20.8. The molecule has 2 rings (SSSR count). The van der Waals surface area contributed by atoms with Crippen molar-refractivity contribution >= 4 is 0 Å². The standard InChI is InChI=1S/C9H11O.C5H5.5CO.Cr.Fe/c1-10-8-4-7-9-5-2-3-6-9;1-2-4-5-3-1;5*1-2;;/h2-7H,8H2,1H3;1-5H;;;;;;;/q;;;;;;;;+2/b7-4+;;;;;;;;. The van der Waals surface area contributed by atoms with Crippen molar-refractivity contribution in [1.82, 2.24) is 0 Å². The van der Waals surface area contributed by atoms with Gasteiger partial charge in [0.05, 0.1) is 6.61 Å². The van der Waals surface area contributed by atoms with Gasteiger partial charge in [-0.1, -0.05) is 12.2 Å². The van der Waals surface area contributed by atoms with E-state index in [-0.39, 0.29) is 34.4 Å². The Morgan fingerprint density at radius 3 is 1.26 bits per heavy atom. The molecule has 0 aromatic heterocycles. The minimum Gasteiger partial charge on any atom is -0.0312 e. The summed E-state index contributed by atoms with van der Waals surface area (Å²) in [4.78, 5) is 0. The van der Waals surface area contributed by atoms with Crippen LogP contribution in [0.4, 0.5) is 0 Å². The van der Waals surface area contributed by atoms with Crippen LogP contribution in [0, 0.1) is 97.0 Å². The predicted molar refractivity (Wildman–Crippen MR) is 82.6 cm³/mol. The summed E-state index contributed by atoms with van der Waals surface area (Å²) in [5, 5.41) is 0. The van der Waals surface area contributed by atoms with E-state index in [1.54, 1.807) is 7.11 Å². The van der Waals surface area contributed by atoms with Gasteiger partial charge in [0.15, 0.2) is 0 Å². The summed E-state index contributed by atoms with van der Waals surface area (Å²) in [7, 11) is 1.69. The van der Waals surface area contributed by atoms with Gasteiger partial charge < -0.3 is 4.74 Å². The third-order valence-electron chi connectivity index (χ3n) is 1.82. The van der Waals surface area contributed by atoms with Crippen LogP contribution in [-0.4, -0.2) is 13.7 Å². The molecule has 0 spiro atoms. The number of hydrogen-bond acceptors (Lipinski definition) is 1. The number of methoxy groups -OCH3 is 1. The van der Waals surface area contributed by atoms with Crippen LogP contribution in [0.3, 0.4) is 0 Å². The van der Waals surface area contributed by atoms with Crippen LogP contribution < -0.4 is 0 Å². The van der Waals surface area contributed by atoms with Crippen LogP contribution in [0.25, 0.3) is 0 Å². The maximum Gasteiger partial charge on any atom is 2.00 e. The summed E-state index contributed by atoms with van der Waals surface area (Å²) in [5.41, 5.74) is 0. The molecule has 8 heteroatoms. The van der Waals surface area contributed by atoms with Crippen LogP contribution in [0.15, 0.2) is 12.2 Å². The molecule has 2 aliphatic carbocycles. The first-order chi connectivity index (χ1) is 12.4. The maximum atomic E-state index is 7.50. The van der Waals surface area contributed by atoms with Crippen molar-refractivity contribution < 1.29 is 62.4 Å². The summed E-state index contributed by atoms with van der Waals surface area (Å²) in [6, 6.07) is 0. The second-order valence-corrected chi connectivity index (χ2v) is 3.04. The largest absolute Gasteiger partial charge is 2.00 e. The molecule has 6 nitrogen and oxygen atoms in total. The van der Waals surface area contributed by atoms with Gasteiger partial charge in [-0.3, -0.25) is 0 Å². The van der Waals surface area contributed by atoms with Crippen molar-refractivity contribution in [2.45, 2.75) is 0 Å². The molecule has 0 unspecified atom stereocenters. The quantitative estimate of drug-likeness (QED) is 0.369. The Morgan fingerprint density at radius 1 is 0.704 bits per heavy atom. The summed E-state index contributed by atoms with van der Waals surface area (Å²) >= 11 is 0. The van der Waals surface area contributed by atoms with Crippen molar-refractivity contribution in [3.8, 4) is 0 Å².